The van der Waals surface area contributed by atoms with Crippen LogP contribution in [0.15, 0.2) is 65.1 Å². The topological polar surface area (TPSA) is 88.4 Å². The number of rotatable bonds is 8. The van der Waals surface area contributed by atoms with E-state index >= 15 is 0 Å². The monoisotopic (exact) mass is 524 g/mol. The van der Waals surface area contributed by atoms with Crippen molar-refractivity contribution in [1.82, 2.24) is 10.6 Å². The summed E-state index contributed by atoms with van der Waals surface area (Å²) in [4.78, 5) is 38.7. The highest BCUT2D eigenvalue weighted by Gasteiger charge is 2.56. The summed E-state index contributed by atoms with van der Waals surface area (Å²) in [7, 11) is 3.12. The van der Waals surface area contributed by atoms with Gasteiger partial charge in [-0.25, -0.2) is 4.39 Å². The van der Waals surface area contributed by atoms with Gasteiger partial charge in [0.2, 0.25) is 5.91 Å². The van der Waals surface area contributed by atoms with E-state index in [1.807, 2.05) is 30.3 Å². The van der Waals surface area contributed by atoms with Gasteiger partial charge in [0.05, 0.1) is 12.0 Å². The van der Waals surface area contributed by atoms with E-state index in [1.54, 1.807) is 25.2 Å². The molecule has 0 unspecified atom stereocenters. The largest absolute Gasteiger partial charge is 0.455 e. The van der Waals surface area contributed by atoms with Gasteiger partial charge in [0.1, 0.15) is 17.2 Å². The average Bonchev–Trinajstić information content (AvgIpc) is 3.27. The summed E-state index contributed by atoms with van der Waals surface area (Å²) in [6.07, 6.45) is 4.13. The molecular formula is C32H29FN2O4. The molecule has 39 heavy (non-hydrogen) atoms. The maximum atomic E-state index is 13.6. The van der Waals surface area contributed by atoms with Gasteiger partial charge < -0.3 is 15.1 Å². The molecular weight excluding hydrogens is 495 g/mol. The van der Waals surface area contributed by atoms with Crippen LogP contribution >= 0.6 is 0 Å². The van der Waals surface area contributed by atoms with E-state index in [1.165, 1.54) is 19.2 Å². The van der Waals surface area contributed by atoms with Crippen molar-refractivity contribution in [3.63, 3.8) is 0 Å². The summed E-state index contributed by atoms with van der Waals surface area (Å²) in [6.45, 7) is 0. The molecule has 2 amide bonds. The molecule has 0 radical (unpaired) electrons. The fourth-order valence-corrected chi connectivity index (χ4v) is 6.19. The van der Waals surface area contributed by atoms with E-state index < -0.39 is 5.82 Å². The lowest BCUT2D eigenvalue weighted by molar-refractivity contribution is -0.119. The number of hydrogen-bond acceptors (Lipinski definition) is 4. The molecule has 3 saturated carbocycles. The zero-order valence-corrected chi connectivity index (χ0v) is 21.9. The van der Waals surface area contributed by atoms with Crippen LogP contribution in [0, 0.1) is 17.2 Å². The van der Waals surface area contributed by atoms with E-state index in [0.717, 1.165) is 36.3 Å². The average molecular weight is 525 g/mol. The fourth-order valence-electron chi connectivity index (χ4n) is 6.19. The number of furan rings is 1. The Bertz CT molecular complexity index is 1620. The third-order valence-electron chi connectivity index (χ3n) is 8.30. The maximum Gasteiger partial charge on any atom is 0.255 e. The number of hydrogen-bond donors (Lipinski definition) is 2. The van der Waals surface area contributed by atoms with Crippen molar-refractivity contribution < 1.29 is 23.2 Å². The Balaban J connectivity index is 1.49. The van der Waals surface area contributed by atoms with Crippen molar-refractivity contribution in [2.24, 2.45) is 11.3 Å². The standard InChI is InChI=1S/C32H29FN2O4/c1-34-28(37)12-22-11-27-25(29(31(38)35-2)30(39-27)19-6-8-23(33)9-7-19)13-24(22)20-4-3-5-21(10-20)26(36)17-32-14-18(15-32)16-32/h3-11,13,18H,12,14-17H2,1-2H3,(H,34,37)(H,35,38). The molecule has 0 atom stereocenters. The number of halogens is 1. The molecule has 0 spiro atoms. The van der Waals surface area contributed by atoms with Crippen LogP contribution in [0.25, 0.3) is 33.4 Å². The normalized spacial score (nSPS) is 19.2. The minimum Gasteiger partial charge on any atom is -0.455 e. The van der Waals surface area contributed by atoms with Crippen molar-refractivity contribution >= 4 is 28.6 Å². The second-order valence-electron chi connectivity index (χ2n) is 10.9. The molecule has 0 saturated heterocycles. The van der Waals surface area contributed by atoms with Gasteiger partial charge in [-0.15, -0.1) is 0 Å². The van der Waals surface area contributed by atoms with E-state index in [4.69, 9.17) is 4.42 Å². The molecule has 2 N–H and O–H groups in total. The number of carbonyl (C=O) groups is 3. The van der Waals surface area contributed by atoms with Gasteiger partial charge >= 0.3 is 0 Å². The van der Waals surface area contributed by atoms with Crippen LogP contribution < -0.4 is 10.6 Å². The van der Waals surface area contributed by atoms with E-state index in [-0.39, 0.29) is 29.4 Å². The molecule has 7 heteroatoms. The second kappa shape index (κ2) is 9.49. The van der Waals surface area contributed by atoms with Gasteiger partial charge in [-0.05, 0) is 89.8 Å². The summed E-state index contributed by atoms with van der Waals surface area (Å²) in [5.41, 5.74) is 4.39. The number of fused-ring (bicyclic) bond motifs is 1. The fraction of sp³-hybridized carbons (Fsp3) is 0.281. The molecule has 3 aliphatic carbocycles. The van der Waals surface area contributed by atoms with E-state index in [2.05, 4.69) is 10.6 Å². The van der Waals surface area contributed by atoms with E-state index in [9.17, 15) is 18.8 Å². The maximum absolute atomic E-state index is 13.6. The summed E-state index contributed by atoms with van der Waals surface area (Å²) in [5, 5.41) is 5.90. The third kappa shape index (κ3) is 4.42. The summed E-state index contributed by atoms with van der Waals surface area (Å²) in [6, 6.07) is 16.9. The van der Waals surface area contributed by atoms with Gasteiger partial charge in [-0.3, -0.25) is 14.4 Å². The van der Waals surface area contributed by atoms with Crippen LogP contribution in [-0.4, -0.2) is 31.7 Å². The van der Waals surface area contributed by atoms with Crippen LogP contribution in [0.3, 0.4) is 0 Å². The molecule has 0 aliphatic heterocycles. The molecule has 1 aromatic heterocycles. The highest BCUT2D eigenvalue weighted by Crippen LogP contribution is 2.66. The first-order chi connectivity index (χ1) is 18.8. The van der Waals surface area contributed by atoms with Crippen molar-refractivity contribution in [1.29, 1.82) is 0 Å². The van der Waals surface area contributed by atoms with E-state index in [0.29, 0.717) is 45.4 Å². The predicted molar refractivity (Wildman–Crippen MR) is 147 cm³/mol. The summed E-state index contributed by atoms with van der Waals surface area (Å²) < 4.78 is 19.8. The Hall–Kier alpha value is -4.26. The van der Waals surface area contributed by atoms with Crippen LogP contribution in [-0.2, 0) is 11.2 Å². The highest BCUT2D eigenvalue weighted by atomic mass is 19.1. The van der Waals surface area contributed by atoms with Crippen molar-refractivity contribution in [3.8, 4) is 22.5 Å². The minimum atomic E-state index is -0.394. The van der Waals surface area contributed by atoms with Crippen molar-refractivity contribution in [3.05, 3.63) is 83.2 Å². The molecule has 4 aromatic rings. The molecule has 3 aromatic carbocycles. The quantitative estimate of drug-likeness (QED) is 0.280. The van der Waals surface area contributed by atoms with Crippen molar-refractivity contribution in [2.45, 2.75) is 32.1 Å². The number of nitrogens with one attached hydrogen (secondary N) is 2. The van der Waals surface area contributed by atoms with Crippen LogP contribution in [0.5, 0.6) is 0 Å². The van der Waals surface area contributed by atoms with Crippen molar-refractivity contribution in [2.75, 3.05) is 14.1 Å². The minimum absolute atomic E-state index is 0.0896. The Morgan fingerprint density at radius 2 is 1.69 bits per heavy atom. The number of carbonyl (C=O) groups excluding carboxylic acids is 3. The second-order valence-corrected chi connectivity index (χ2v) is 10.9. The first-order valence-corrected chi connectivity index (χ1v) is 13.2. The predicted octanol–water partition coefficient (Wildman–Crippen LogP) is 5.93. The molecule has 2 bridgehead atoms. The first kappa shape index (κ1) is 25.0. The molecule has 3 fully saturated rings. The highest BCUT2D eigenvalue weighted by molar-refractivity contribution is 6.12. The number of ketones is 1. The molecule has 7 rings (SSSR count). The number of amides is 2. The molecule has 3 aliphatic rings. The lowest BCUT2D eigenvalue weighted by Gasteiger charge is -2.62. The molecule has 1 heterocycles. The smallest absolute Gasteiger partial charge is 0.255 e. The van der Waals surface area contributed by atoms with Gasteiger partial charge in [0.25, 0.3) is 5.91 Å². The lowest BCUT2D eigenvalue weighted by atomic mass is 9.43. The Kier molecular flexibility index (Phi) is 6.09. The Morgan fingerprint density at radius 1 is 0.949 bits per heavy atom. The van der Waals surface area contributed by atoms with Crippen LogP contribution in [0.4, 0.5) is 4.39 Å². The molecule has 6 nitrogen and oxygen atoms in total. The number of benzene rings is 3. The lowest BCUT2D eigenvalue weighted by Crippen LogP contribution is -2.52. The SMILES string of the molecule is CNC(=O)Cc1cc2oc(-c3ccc(F)cc3)c(C(=O)NC)c2cc1-c1cccc(C(=O)CC23CC(C2)C3)c1. The Labute approximate surface area is 225 Å². The first-order valence-electron chi connectivity index (χ1n) is 13.2. The Morgan fingerprint density at radius 3 is 2.33 bits per heavy atom. The summed E-state index contributed by atoms with van der Waals surface area (Å²) >= 11 is 0. The van der Waals surface area contributed by atoms with Gasteiger partial charge in [-0.2, -0.15) is 0 Å². The number of likely N-dealkylation sites (N-methyl/N-ethyl adjacent to an activating group) is 1. The third-order valence-corrected chi connectivity index (χ3v) is 8.30. The summed E-state index contributed by atoms with van der Waals surface area (Å²) in [5.74, 6) is 0.345. The number of Topliss-reactive ketones (excluding diaryl/α,β-unsaturated/α-hetero) is 1. The zero-order valence-electron chi connectivity index (χ0n) is 21.9. The van der Waals surface area contributed by atoms with Gasteiger partial charge in [0, 0.05) is 37.0 Å². The zero-order chi connectivity index (χ0) is 27.3. The van der Waals surface area contributed by atoms with Crippen LogP contribution in [0.1, 0.15) is 52.0 Å². The molecule has 198 valence electrons. The van der Waals surface area contributed by atoms with Gasteiger partial charge in [0.15, 0.2) is 5.78 Å². The van der Waals surface area contributed by atoms with Crippen LogP contribution in [0.2, 0.25) is 0 Å². The van der Waals surface area contributed by atoms with Gasteiger partial charge in [-0.1, -0.05) is 18.2 Å².